The lowest BCUT2D eigenvalue weighted by atomic mass is 10.0. The van der Waals surface area contributed by atoms with E-state index in [0.717, 1.165) is 25.8 Å². The average Bonchev–Trinajstić information content (AvgIpc) is 2.60. The van der Waals surface area contributed by atoms with Gasteiger partial charge >= 0.3 is 5.97 Å². The van der Waals surface area contributed by atoms with E-state index in [4.69, 9.17) is 4.74 Å². The summed E-state index contributed by atoms with van der Waals surface area (Å²) in [6.07, 6.45) is 19.3. The Balaban J connectivity index is 4.03. The molecule has 0 aromatic heterocycles. The van der Waals surface area contributed by atoms with Crippen LogP contribution in [0.3, 0.4) is 0 Å². The molecule has 0 amide bonds. The van der Waals surface area contributed by atoms with E-state index in [1.165, 1.54) is 77.0 Å². The van der Waals surface area contributed by atoms with Crippen molar-refractivity contribution < 1.29 is 9.53 Å². The molecule has 0 aliphatic rings. The third-order valence-electron chi connectivity index (χ3n) is 5.04. The Morgan fingerprint density at radius 2 is 1.19 bits per heavy atom. The van der Waals surface area contributed by atoms with Gasteiger partial charge in [0.15, 0.2) is 0 Å². The van der Waals surface area contributed by atoms with Gasteiger partial charge in [0.1, 0.15) is 6.10 Å². The zero-order valence-corrected chi connectivity index (χ0v) is 18.4. The van der Waals surface area contributed by atoms with E-state index in [9.17, 15) is 4.79 Å². The number of nitrogens with zero attached hydrogens (tertiary/aromatic N) is 1. The molecule has 0 heterocycles. The molecular weight excluding hydrogens is 322 g/mol. The summed E-state index contributed by atoms with van der Waals surface area (Å²) in [5, 5.41) is 0. The molecule has 0 saturated heterocycles. The van der Waals surface area contributed by atoms with Gasteiger partial charge in [0.25, 0.3) is 0 Å². The molecule has 0 rings (SSSR count). The summed E-state index contributed by atoms with van der Waals surface area (Å²) >= 11 is 0. The Kier molecular flexibility index (Phi) is 18.8. The summed E-state index contributed by atoms with van der Waals surface area (Å²) in [6.45, 7) is 5.47. The normalized spacial score (nSPS) is 11.5. The fraction of sp³-hybridized carbons (Fsp3) is 0.957. The number of carbonyl (C=O) groups is 1. The standard InChI is InChI=1S/C23H47NO2/c1-5-7-9-11-13-15-18-22(19-16-14-12-10-8-6-2)26-23(25)20-17-21-24(3)4/h22H,5-21H2,1-4H3. The van der Waals surface area contributed by atoms with E-state index in [-0.39, 0.29) is 12.1 Å². The Morgan fingerprint density at radius 3 is 1.65 bits per heavy atom. The maximum atomic E-state index is 12.1. The summed E-state index contributed by atoms with van der Waals surface area (Å²) in [4.78, 5) is 14.3. The Morgan fingerprint density at radius 1 is 0.731 bits per heavy atom. The van der Waals surface area contributed by atoms with Crippen LogP contribution in [0.4, 0.5) is 0 Å². The molecule has 0 spiro atoms. The van der Waals surface area contributed by atoms with Crippen LogP contribution in [0.15, 0.2) is 0 Å². The first-order valence-electron chi connectivity index (χ1n) is 11.4. The van der Waals surface area contributed by atoms with E-state index in [2.05, 4.69) is 18.7 Å². The van der Waals surface area contributed by atoms with Crippen molar-refractivity contribution in [2.45, 2.75) is 123 Å². The molecular formula is C23H47NO2. The van der Waals surface area contributed by atoms with Gasteiger partial charge in [-0.3, -0.25) is 4.79 Å². The van der Waals surface area contributed by atoms with Gasteiger partial charge in [-0.25, -0.2) is 0 Å². The number of rotatable bonds is 19. The minimum absolute atomic E-state index is 0.00816. The van der Waals surface area contributed by atoms with Crippen molar-refractivity contribution >= 4 is 5.97 Å². The third kappa shape index (κ3) is 18.2. The molecule has 0 aromatic carbocycles. The van der Waals surface area contributed by atoms with E-state index < -0.39 is 0 Å². The summed E-state index contributed by atoms with van der Waals surface area (Å²) in [6, 6.07) is 0. The highest BCUT2D eigenvalue weighted by molar-refractivity contribution is 5.69. The lowest BCUT2D eigenvalue weighted by molar-refractivity contribution is -0.150. The molecule has 0 N–H and O–H groups in total. The Hall–Kier alpha value is -0.570. The Bertz CT molecular complexity index is 289. The molecule has 3 nitrogen and oxygen atoms in total. The number of hydrogen-bond acceptors (Lipinski definition) is 3. The summed E-state index contributed by atoms with van der Waals surface area (Å²) in [5.74, 6) is 0.00816. The van der Waals surface area contributed by atoms with Crippen LogP contribution in [0.25, 0.3) is 0 Å². The first kappa shape index (κ1) is 25.4. The first-order chi connectivity index (χ1) is 12.6. The van der Waals surface area contributed by atoms with Crippen LogP contribution in [-0.4, -0.2) is 37.6 Å². The molecule has 0 bridgehead atoms. The lowest BCUT2D eigenvalue weighted by Gasteiger charge is -2.18. The predicted octanol–water partition coefficient (Wildman–Crippen LogP) is 6.74. The molecule has 0 aliphatic heterocycles. The van der Waals surface area contributed by atoms with Gasteiger partial charge < -0.3 is 9.64 Å². The first-order valence-corrected chi connectivity index (χ1v) is 11.4. The van der Waals surface area contributed by atoms with Gasteiger partial charge in [0.2, 0.25) is 0 Å². The minimum Gasteiger partial charge on any atom is -0.462 e. The summed E-state index contributed by atoms with van der Waals surface area (Å²) in [5.41, 5.74) is 0. The van der Waals surface area contributed by atoms with Crippen molar-refractivity contribution in [2.75, 3.05) is 20.6 Å². The zero-order chi connectivity index (χ0) is 19.5. The molecule has 0 aliphatic carbocycles. The number of ether oxygens (including phenoxy) is 1. The van der Waals surface area contributed by atoms with E-state index >= 15 is 0 Å². The number of carbonyl (C=O) groups excluding carboxylic acids is 1. The largest absolute Gasteiger partial charge is 0.462 e. The maximum absolute atomic E-state index is 12.1. The van der Waals surface area contributed by atoms with E-state index in [0.29, 0.717) is 6.42 Å². The van der Waals surface area contributed by atoms with Crippen molar-refractivity contribution in [2.24, 2.45) is 0 Å². The number of unbranched alkanes of at least 4 members (excludes halogenated alkanes) is 10. The molecule has 3 heteroatoms. The van der Waals surface area contributed by atoms with Crippen LogP contribution >= 0.6 is 0 Å². The maximum Gasteiger partial charge on any atom is 0.306 e. The van der Waals surface area contributed by atoms with E-state index in [1.54, 1.807) is 0 Å². The van der Waals surface area contributed by atoms with Gasteiger partial charge in [-0.15, -0.1) is 0 Å². The molecule has 0 saturated carbocycles. The molecule has 0 atom stereocenters. The number of hydrogen-bond donors (Lipinski definition) is 0. The summed E-state index contributed by atoms with van der Waals surface area (Å²) < 4.78 is 5.83. The predicted molar refractivity (Wildman–Crippen MR) is 114 cm³/mol. The van der Waals surface area contributed by atoms with Crippen molar-refractivity contribution in [3.05, 3.63) is 0 Å². The van der Waals surface area contributed by atoms with Crippen molar-refractivity contribution in [1.82, 2.24) is 4.90 Å². The van der Waals surface area contributed by atoms with Gasteiger partial charge in [0, 0.05) is 6.42 Å². The molecule has 0 unspecified atom stereocenters. The van der Waals surface area contributed by atoms with E-state index in [1.807, 2.05) is 14.1 Å². The third-order valence-corrected chi connectivity index (χ3v) is 5.04. The highest BCUT2D eigenvalue weighted by Gasteiger charge is 2.14. The second kappa shape index (κ2) is 19.2. The van der Waals surface area contributed by atoms with Crippen LogP contribution in [0.2, 0.25) is 0 Å². The van der Waals surface area contributed by atoms with Gasteiger partial charge in [-0.1, -0.05) is 78.1 Å². The topological polar surface area (TPSA) is 29.5 Å². The zero-order valence-electron chi connectivity index (χ0n) is 18.4. The van der Waals surface area contributed by atoms with Crippen LogP contribution in [0, 0.1) is 0 Å². The van der Waals surface area contributed by atoms with Crippen LogP contribution in [-0.2, 0) is 9.53 Å². The SMILES string of the molecule is CCCCCCCCC(CCCCCCCC)OC(=O)CCCN(C)C. The quantitative estimate of drug-likeness (QED) is 0.186. The highest BCUT2D eigenvalue weighted by Crippen LogP contribution is 2.17. The Labute approximate surface area is 164 Å². The summed E-state index contributed by atoms with van der Waals surface area (Å²) in [7, 11) is 4.09. The fourth-order valence-electron chi connectivity index (χ4n) is 3.35. The second-order valence-electron chi connectivity index (χ2n) is 8.13. The van der Waals surface area contributed by atoms with Crippen molar-refractivity contribution in [3.63, 3.8) is 0 Å². The van der Waals surface area contributed by atoms with Crippen LogP contribution in [0.5, 0.6) is 0 Å². The van der Waals surface area contributed by atoms with Gasteiger partial charge in [-0.05, 0) is 52.7 Å². The molecule has 26 heavy (non-hydrogen) atoms. The van der Waals surface area contributed by atoms with Crippen LogP contribution < -0.4 is 0 Å². The van der Waals surface area contributed by atoms with Gasteiger partial charge in [-0.2, -0.15) is 0 Å². The highest BCUT2D eigenvalue weighted by atomic mass is 16.5. The second-order valence-corrected chi connectivity index (χ2v) is 8.13. The molecule has 156 valence electrons. The average molecular weight is 370 g/mol. The van der Waals surface area contributed by atoms with Gasteiger partial charge in [0.05, 0.1) is 0 Å². The monoisotopic (exact) mass is 369 g/mol. The fourth-order valence-corrected chi connectivity index (χ4v) is 3.35. The smallest absolute Gasteiger partial charge is 0.306 e. The molecule has 0 radical (unpaired) electrons. The van der Waals surface area contributed by atoms with Crippen molar-refractivity contribution in [1.29, 1.82) is 0 Å². The lowest BCUT2D eigenvalue weighted by Crippen LogP contribution is -2.20. The minimum atomic E-state index is 0.00816. The number of esters is 1. The molecule has 0 fully saturated rings. The molecule has 0 aromatic rings. The van der Waals surface area contributed by atoms with Crippen molar-refractivity contribution in [3.8, 4) is 0 Å². The van der Waals surface area contributed by atoms with Crippen LogP contribution in [0.1, 0.15) is 117 Å².